The Hall–Kier alpha value is -0.132. The van der Waals surface area contributed by atoms with E-state index in [1.165, 1.54) is 0 Å². The third kappa shape index (κ3) is 16.2. The van der Waals surface area contributed by atoms with Gasteiger partial charge in [0, 0.05) is 24.8 Å². The molecule has 0 saturated carbocycles. The Bertz CT molecular complexity index is 722. The van der Waals surface area contributed by atoms with Crippen LogP contribution in [-0.4, -0.2) is 36.4 Å². The fourth-order valence-corrected chi connectivity index (χ4v) is 5.87. The number of hydrogen-bond acceptors (Lipinski definition) is 8. The Kier molecular flexibility index (Phi) is 24.0. The van der Waals surface area contributed by atoms with Crippen LogP contribution >= 0.6 is 15.2 Å². The van der Waals surface area contributed by atoms with Crippen LogP contribution in [0.25, 0.3) is 0 Å². The molecule has 2 heterocycles. The van der Waals surface area contributed by atoms with Crippen LogP contribution in [0.15, 0.2) is 49.1 Å². The molecule has 0 spiro atoms. The van der Waals surface area contributed by atoms with E-state index in [1.807, 2.05) is 24.3 Å². The van der Waals surface area contributed by atoms with E-state index in [9.17, 15) is 9.13 Å². The van der Waals surface area contributed by atoms with E-state index in [0.717, 1.165) is 11.1 Å². The first kappa shape index (κ1) is 37.4. The SMILES string of the molecule is CCOP(=O)(Cc1ccncc1)OCC.CCOP(=O)(Cc1ccncc1)OCC.[Cl-].[Cl-].[Pt+2]. The van der Waals surface area contributed by atoms with Gasteiger partial charge in [0.25, 0.3) is 0 Å². The summed E-state index contributed by atoms with van der Waals surface area (Å²) in [4.78, 5) is 7.79. The molecule has 0 unspecified atom stereocenters. The van der Waals surface area contributed by atoms with Crippen molar-refractivity contribution >= 4 is 15.2 Å². The first-order valence-electron chi connectivity index (χ1n) is 9.94. The van der Waals surface area contributed by atoms with Crippen molar-refractivity contribution in [2.75, 3.05) is 26.4 Å². The van der Waals surface area contributed by atoms with E-state index >= 15 is 0 Å². The zero-order valence-electron chi connectivity index (χ0n) is 19.2. The smallest absolute Gasteiger partial charge is 1.00 e. The molecule has 0 bridgehead atoms. The molecule has 0 amide bonds. The van der Waals surface area contributed by atoms with E-state index < -0.39 is 15.2 Å². The second-order valence-corrected chi connectivity index (χ2v) is 10.0. The summed E-state index contributed by atoms with van der Waals surface area (Å²) in [7, 11) is -5.94. The molecule has 0 fully saturated rings. The zero-order valence-corrected chi connectivity index (χ0v) is 24.7. The third-order valence-electron chi connectivity index (χ3n) is 3.55. The Labute approximate surface area is 224 Å². The van der Waals surface area contributed by atoms with Crippen molar-refractivity contribution in [2.45, 2.75) is 40.0 Å². The molecule has 2 aromatic rings. The molecule has 2 rings (SSSR count). The summed E-state index contributed by atoms with van der Waals surface area (Å²) < 4.78 is 45.0. The van der Waals surface area contributed by atoms with Gasteiger partial charge in [-0.2, -0.15) is 0 Å². The van der Waals surface area contributed by atoms with Crippen molar-refractivity contribution in [3.8, 4) is 0 Å². The second-order valence-electron chi connectivity index (χ2n) is 5.92. The molecule has 0 atom stereocenters. The van der Waals surface area contributed by atoms with Gasteiger partial charge in [0.15, 0.2) is 0 Å². The summed E-state index contributed by atoms with van der Waals surface area (Å²) in [5.74, 6) is 0. The van der Waals surface area contributed by atoms with Gasteiger partial charge in [-0.25, -0.2) is 0 Å². The van der Waals surface area contributed by atoms with Crippen molar-refractivity contribution < 1.29 is 73.1 Å². The van der Waals surface area contributed by atoms with Crippen molar-refractivity contribution in [1.82, 2.24) is 9.97 Å². The van der Waals surface area contributed by atoms with Gasteiger partial charge in [-0.15, -0.1) is 0 Å². The van der Waals surface area contributed by atoms with Gasteiger partial charge in [-0.1, -0.05) is 0 Å². The minimum atomic E-state index is -2.97. The van der Waals surface area contributed by atoms with Gasteiger partial charge >= 0.3 is 36.3 Å². The van der Waals surface area contributed by atoms with E-state index in [2.05, 4.69) is 9.97 Å². The van der Waals surface area contributed by atoms with Crippen LogP contribution < -0.4 is 24.8 Å². The topological polar surface area (TPSA) is 96.8 Å². The van der Waals surface area contributed by atoms with Crippen LogP contribution in [0, 0.1) is 0 Å². The molecule has 0 N–H and O–H groups in total. The maximum Gasteiger partial charge on any atom is 2.00 e. The maximum absolute atomic E-state index is 12.1. The van der Waals surface area contributed by atoms with Crippen LogP contribution in [0.3, 0.4) is 0 Å². The predicted octanol–water partition coefficient (Wildman–Crippen LogP) is -0.299. The van der Waals surface area contributed by atoms with E-state index in [-0.39, 0.29) is 45.9 Å². The number of nitrogens with zero attached hydrogens (tertiary/aromatic N) is 2. The van der Waals surface area contributed by atoms with Crippen LogP contribution in [0.1, 0.15) is 38.8 Å². The van der Waals surface area contributed by atoms with Gasteiger partial charge in [0.1, 0.15) is 0 Å². The molecule has 0 aliphatic rings. The summed E-state index contributed by atoms with van der Waals surface area (Å²) in [6, 6.07) is 7.24. The summed E-state index contributed by atoms with van der Waals surface area (Å²) >= 11 is 0. The van der Waals surface area contributed by atoms with Gasteiger partial charge in [0.05, 0.1) is 38.8 Å². The first-order chi connectivity index (χ1) is 14.4. The summed E-state index contributed by atoms with van der Waals surface area (Å²) in [5, 5.41) is 0. The number of pyridine rings is 2. The van der Waals surface area contributed by atoms with Crippen LogP contribution in [0.2, 0.25) is 0 Å². The number of rotatable bonds is 12. The number of aromatic nitrogens is 2. The maximum atomic E-state index is 12.1. The molecule has 0 radical (unpaired) electrons. The van der Waals surface area contributed by atoms with Gasteiger partial charge < -0.3 is 42.9 Å². The molecule has 33 heavy (non-hydrogen) atoms. The van der Waals surface area contributed by atoms with E-state index in [0.29, 0.717) is 38.8 Å². The molecule has 192 valence electrons. The van der Waals surface area contributed by atoms with Crippen molar-refractivity contribution in [1.29, 1.82) is 0 Å². The van der Waals surface area contributed by atoms with E-state index in [1.54, 1.807) is 52.5 Å². The average molecular weight is 724 g/mol. The Balaban J connectivity index is -0.000000500. The molecule has 8 nitrogen and oxygen atoms in total. The summed E-state index contributed by atoms with van der Waals surface area (Å²) in [6.45, 7) is 8.78. The van der Waals surface area contributed by atoms with E-state index in [4.69, 9.17) is 18.1 Å². The number of hydrogen-bond donors (Lipinski definition) is 0. The minimum absolute atomic E-state index is 0. The molecule has 0 aliphatic heterocycles. The first-order valence-corrected chi connectivity index (χ1v) is 13.4. The fourth-order valence-electron chi connectivity index (χ4n) is 2.47. The standard InChI is InChI=1S/2C10H16NO3P.2ClH.Pt/c2*1-3-13-15(12,14-4-2)9-10-5-7-11-8-6-10;;;/h2*5-8H,3-4,9H2,1-2H3;2*1H;/q;;;;+2/p-2. The van der Waals surface area contributed by atoms with Crippen LogP contribution in [0.4, 0.5) is 0 Å². The van der Waals surface area contributed by atoms with Gasteiger partial charge in [-0.3, -0.25) is 19.1 Å². The Morgan fingerprint density at radius 3 is 1.06 bits per heavy atom. The molecule has 0 saturated heterocycles. The van der Waals surface area contributed by atoms with Crippen molar-refractivity contribution in [2.24, 2.45) is 0 Å². The number of halogens is 2. The molecular formula is C20H32Cl2N2O6P2Pt. The fraction of sp³-hybridized carbons (Fsp3) is 0.500. The Morgan fingerprint density at radius 2 is 0.848 bits per heavy atom. The molecule has 0 aliphatic carbocycles. The summed E-state index contributed by atoms with van der Waals surface area (Å²) in [6.07, 6.45) is 7.26. The monoisotopic (exact) mass is 723 g/mol. The zero-order chi connectivity index (χ0) is 22.3. The van der Waals surface area contributed by atoms with Crippen molar-refractivity contribution in [3.05, 3.63) is 60.2 Å². The van der Waals surface area contributed by atoms with Gasteiger partial charge in [0.2, 0.25) is 0 Å². The molecule has 2 aromatic heterocycles. The quantitative estimate of drug-likeness (QED) is 0.276. The molecular weight excluding hydrogens is 692 g/mol. The normalized spacial score (nSPS) is 10.5. The van der Waals surface area contributed by atoms with Crippen molar-refractivity contribution in [3.63, 3.8) is 0 Å². The Morgan fingerprint density at radius 1 is 0.606 bits per heavy atom. The average Bonchev–Trinajstić information content (AvgIpc) is 2.70. The second kappa shape index (κ2) is 21.2. The third-order valence-corrected chi connectivity index (χ3v) is 7.67. The van der Waals surface area contributed by atoms with Gasteiger partial charge in [-0.05, 0) is 63.1 Å². The predicted molar refractivity (Wildman–Crippen MR) is 118 cm³/mol. The molecule has 13 heteroatoms. The largest absolute Gasteiger partial charge is 2.00 e. The van der Waals surface area contributed by atoms with Crippen LogP contribution in [-0.2, 0) is 60.6 Å². The minimum Gasteiger partial charge on any atom is -1.00 e. The van der Waals surface area contributed by atoms with Crippen LogP contribution in [0.5, 0.6) is 0 Å². The summed E-state index contributed by atoms with van der Waals surface area (Å²) in [5.41, 5.74) is 1.82. The molecule has 0 aromatic carbocycles.